The number of carbonyl (C=O) groups excluding carboxylic acids is 2. The minimum atomic E-state index is -0.399. The molecule has 0 bridgehead atoms. The highest BCUT2D eigenvalue weighted by atomic mass is 16.5. The maximum absolute atomic E-state index is 12.0. The van der Waals surface area contributed by atoms with E-state index >= 15 is 0 Å². The van der Waals surface area contributed by atoms with Crippen molar-refractivity contribution in [2.24, 2.45) is 5.10 Å². The Hall–Kier alpha value is -3.86. The molecule has 0 radical (unpaired) electrons. The molecule has 1 aliphatic rings. The summed E-state index contributed by atoms with van der Waals surface area (Å²) in [5.74, 6) is 0.701. The maximum Gasteiger partial charge on any atom is 0.277 e. The Kier molecular flexibility index (Phi) is 7.60. The molecule has 3 rings (SSSR count). The molecule has 0 aliphatic carbocycles. The van der Waals surface area contributed by atoms with Gasteiger partial charge in [0.25, 0.3) is 11.8 Å². The van der Waals surface area contributed by atoms with Crippen LogP contribution in [0.5, 0.6) is 11.5 Å². The minimum Gasteiger partial charge on any atom is -0.484 e. The molecule has 0 aromatic heterocycles. The van der Waals surface area contributed by atoms with Gasteiger partial charge in [0, 0.05) is 13.1 Å². The van der Waals surface area contributed by atoms with Crippen molar-refractivity contribution in [2.75, 3.05) is 26.3 Å². The molecule has 0 atom stereocenters. The molecule has 8 heteroatoms. The van der Waals surface area contributed by atoms with Gasteiger partial charge < -0.3 is 14.4 Å². The molecule has 0 unspecified atom stereocenters. The van der Waals surface area contributed by atoms with Crippen molar-refractivity contribution >= 4 is 17.5 Å². The van der Waals surface area contributed by atoms with E-state index in [1.807, 2.05) is 23.1 Å². The van der Waals surface area contributed by atoms with E-state index in [-0.39, 0.29) is 19.1 Å². The Balaban J connectivity index is 1.44. The lowest BCUT2D eigenvalue weighted by Gasteiger charge is -2.15. The Morgan fingerprint density at radius 3 is 2.19 bits per heavy atom. The van der Waals surface area contributed by atoms with Gasteiger partial charge in [0.1, 0.15) is 11.5 Å². The highest BCUT2D eigenvalue weighted by Crippen LogP contribution is 2.14. The van der Waals surface area contributed by atoms with Gasteiger partial charge in [-0.1, -0.05) is 0 Å². The van der Waals surface area contributed by atoms with Crippen LogP contribution in [-0.2, 0) is 9.59 Å². The van der Waals surface area contributed by atoms with Crippen molar-refractivity contribution in [1.82, 2.24) is 10.3 Å². The number of amides is 2. The van der Waals surface area contributed by atoms with Crippen molar-refractivity contribution in [3.05, 3.63) is 59.7 Å². The lowest BCUT2D eigenvalue weighted by molar-refractivity contribution is -0.132. The Morgan fingerprint density at radius 2 is 1.58 bits per heavy atom. The van der Waals surface area contributed by atoms with E-state index in [4.69, 9.17) is 14.7 Å². The summed E-state index contributed by atoms with van der Waals surface area (Å²) in [6.07, 6.45) is 2.11. The van der Waals surface area contributed by atoms with Gasteiger partial charge >= 0.3 is 0 Å². The number of rotatable bonds is 8. The normalized spacial score (nSPS) is 13.4. The second-order valence-corrected chi connectivity index (χ2v) is 7.06. The van der Waals surface area contributed by atoms with Gasteiger partial charge in [0.2, 0.25) is 0 Å². The predicted molar refractivity (Wildman–Crippen MR) is 115 cm³/mol. The first-order valence-corrected chi connectivity index (χ1v) is 10.0. The SMILES string of the molecule is C/C(=N/NC(=O)COc1ccc(C#N)cc1)c1ccc(OCC(=O)N2CCCC2)cc1. The van der Waals surface area contributed by atoms with Gasteiger partial charge in [-0.25, -0.2) is 5.43 Å². The highest BCUT2D eigenvalue weighted by Gasteiger charge is 2.18. The van der Waals surface area contributed by atoms with Gasteiger partial charge in [-0.2, -0.15) is 10.4 Å². The molecule has 2 amide bonds. The second-order valence-electron chi connectivity index (χ2n) is 7.06. The molecule has 2 aromatic carbocycles. The molecule has 1 N–H and O–H groups in total. The molecular weight excluding hydrogens is 396 g/mol. The monoisotopic (exact) mass is 420 g/mol. The molecule has 1 fully saturated rings. The Bertz CT molecular complexity index is 972. The van der Waals surface area contributed by atoms with Crippen LogP contribution >= 0.6 is 0 Å². The van der Waals surface area contributed by atoms with E-state index in [2.05, 4.69) is 10.5 Å². The van der Waals surface area contributed by atoms with Gasteiger partial charge in [0.05, 0.1) is 17.3 Å². The van der Waals surface area contributed by atoms with E-state index in [0.717, 1.165) is 31.5 Å². The topological polar surface area (TPSA) is 104 Å². The molecule has 1 saturated heterocycles. The summed E-state index contributed by atoms with van der Waals surface area (Å²) in [4.78, 5) is 25.8. The van der Waals surface area contributed by atoms with Crippen molar-refractivity contribution < 1.29 is 19.1 Å². The fraction of sp³-hybridized carbons (Fsp3) is 0.304. The smallest absolute Gasteiger partial charge is 0.277 e. The van der Waals surface area contributed by atoms with E-state index in [0.29, 0.717) is 22.8 Å². The summed E-state index contributed by atoms with van der Waals surface area (Å²) in [5.41, 5.74) is 4.40. The number of nitrogens with zero attached hydrogens (tertiary/aromatic N) is 3. The van der Waals surface area contributed by atoms with Crippen molar-refractivity contribution in [2.45, 2.75) is 19.8 Å². The zero-order valence-corrected chi connectivity index (χ0v) is 17.3. The van der Waals surface area contributed by atoms with Crippen LogP contribution in [-0.4, -0.2) is 48.7 Å². The van der Waals surface area contributed by atoms with Crippen molar-refractivity contribution in [1.29, 1.82) is 5.26 Å². The number of hydrazone groups is 1. The lowest BCUT2D eigenvalue weighted by atomic mass is 10.1. The van der Waals surface area contributed by atoms with Crippen LogP contribution in [0.15, 0.2) is 53.6 Å². The Morgan fingerprint density at radius 1 is 1.00 bits per heavy atom. The average molecular weight is 420 g/mol. The van der Waals surface area contributed by atoms with Gasteiger partial charge in [-0.05, 0) is 73.9 Å². The molecule has 1 heterocycles. The third kappa shape index (κ3) is 6.57. The molecule has 0 spiro atoms. The van der Waals surface area contributed by atoms with Crippen LogP contribution in [0.3, 0.4) is 0 Å². The van der Waals surface area contributed by atoms with Gasteiger partial charge in [-0.3, -0.25) is 9.59 Å². The fourth-order valence-electron chi connectivity index (χ4n) is 3.01. The lowest BCUT2D eigenvalue weighted by Crippen LogP contribution is -2.32. The van der Waals surface area contributed by atoms with Crippen LogP contribution in [0.4, 0.5) is 0 Å². The number of nitrogens with one attached hydrogen (secondary N) is 1. The van der Waals surface area contributed by atoms with Crippen LogP contribution in [0.25, 0.3) is 0 Å². The molecule has 160 valence electrons. The second kappa shape index (κ2) is 10.8. The highest BCUT2D eigenvalue weighted by molar-refractivity contribution is 5.99. The number of carbonyl (C=O) groups is 2. The van der Waals surface area contributed by atoms with Crippen LogP contribution in [0.1, 0.15) is 30.9 Å². The van der Waals surface area contributed by atoms with E-state index in [1.54, 1.807) is 43.3 Å². The van der Waals surface area contributed by atoms with Crippen LogP contribution < -0.4 is 14.9 Å². The standard InChI is InChI=1S/C23H24N4O4/c1-17(25-26-22(28)15-30-20-8-4-18(14-24)5-9-20)19-6-10-21(11-7-19)31-16-23(29)27-12-2-3-13-27/h4-11H,2-3,12-13,15-16H2,1H3,(H,26,28)/b25-17-. The van der Waals surface area contributed by atoms with E-state index in [1.165, 1.54) is 0 Å². The summed E-state index contributed by atoms with van der Waals surface area (Å²) in [6.45, 7) is 3.22. The average Bonchev–Trinajstić information content (AvgIpc) is 3.35. The van der Waals surface area contributed by atoms with Crippen LogP contribution in [0, 0.1) is 11.3 Å². The number of hydrogen-bond acceptors (Lipinski definition) is 6. The zero-order valence-electron chi connectivity index (χ0n) is 17.3. The number of benzene rings is 2. The van der Waals surface area contributed by atoms with E-state index < -0.39 is 5.91 Å². The molecule has 2 aromatic rings. The molecule has 1 aliphatic heterocycles. The third-order valence-corrected chi connectivity index (χ3v) is 4.79. The van der Waals surface area contributed by atoms with Gasteiger partial charge in [-0.15, -0.1) is 0 Å². The summed E-state index contributed by atoms with van der Waals surface area (Å²) in [7, 11) is 0. The first kappa shape index (κ1) is 21.8. The first-order valence-electron chi connectivity index (χ1n) is 10.0. The quantitative estimate of drug-likeness (QED) is 0.522. The van der Waals surface area contributed by atoms with Crippen LogP contribution in [0.2, 0.25) is 0 Å². The zero-order chi connectivity index (χ0) is 22.1. The number of ether oxygens (including phenoxy) is 2. The first-order chi connectivity index (χ1) is 15.0. The predicted octanol–water partition coefficient (Wildman–Crippen LogP) is 2.48. The van der Waals surface area contributed by atoms with Crippen molar-refractivity contribution in [3.63, 3.8) is 0 Å². The number of hydrogen-bond donors (Lipinski definition) is 1. The van der Waals surface area contributed by atoms with Gasteiger partial charge in [0.15, 0.2) is 13.2 Å². The summed E-state index contributed by atoms with van der Waals surface area (Å²) in [6, 6.07) is 15.7. The maximum atomic E-state index is 12.0. The van der Waals surface area contributed by atoms with Crippen molar-refractivity contribution in [3.8, 4) is 17.6 Å². The third-order valence-electron chi connectivity index (χ3n) is 4.79. The largest absolute Gasteiger partial charge is 0.484 e. The summed E-state index contributed by atoms with van der Waals surface area (Å²) >= 11 is 0. The van der Waals surface area contributed by atoms with E-state index in [9.17, 15) is 9.59 Å². The Labute approximate surface area is 181 Å². The molecular formula is C23H24N4O4. The minimum absolute atomic E-state index is 0.00487. The summed E-state index contributed by atoms with van der Waals surface area (Å²) < 4.78 is 10.9. The molecule has 8 nitrogen and oxygen atoms in total. The number of likely N-dealkylation sites (tertiary alicyclic amines) is 1. The molecule has 0 saturated carbocycles. The fourth-order valence-corrected chi connectivity index (χ4v) is 3.01. The number of nitriles is 1. The summed E-state index contributed by atoms with van der Waals surface area (Å²) in [5, 5.41) is 12.9. The molecule has 31 heavy (non-hydrogen) atoms.